The third-order valence-corrected chi connectivity index (χ3v) is 3.20. The highest BCUT2D eigenvalue weighted by molar-refractivity contribution is 5.80. The van der Waals surface area contributed by atoms with Crippen LogP contribution in [0.25, 0.3) is 10.9 Å². The minimum Gasteiger partial charge on any atom is -0.314 e. The monoisotopic (exact) mass is 243 g/mol. The average molecular weight is 243 g/mol. The molecule has 0 amide bonds. The van der Waals surface area contributed by atoms with E-state index >= 15 is 0 Å². The molecule has 1 atom stereocenters. The Hall–Kier alpha value is -1.48. The Bertz CT molecular complexity index is 485. The maximum atomic E-state index is 4.46. The van der Waals surface area contributed by atoms with Gasteiger partial charge in [-0.2, -0.15) is 0 Å². The van der Waals surface area contributed by atoms with Crippen LogP contribution in [0.15, 0.2) is 30.6 Å². The fourth-order valence-electron chi connectivity index (χ4n) is 2.37. The first-order valence-electron chi connectivity index (χ1n) is 6.77. The number of nitrogens with zero attached hydrogens (tertiary/aromatic N) is 2. The molecular formula is C15H21N3. The first-order chi connectivity index (χ1) is 8.85. The van der Waals surface area contributed by atoms with Gasteiger partial charge in [-0.15, -0.1) is 0 Å². The van der Waals surface area contributed by atoms with Gasteiger partial charge in [-0.05, 0) is 19.0 Å². The zero-order chi connectivity index (χ0) is 12.8. The lowest BCUT2D eigenvalue weighted by Gasteiger charge is -2.17. The molecule has 96 valence electrons. The molecule has 0 aliphatic carbocycles. The van der Waals surface area contributed by atoms with E-state index in [2.05, 4.69) is 41.3 Å². The van der Waals surface area contributed by atoms with Crippen LogP contribution in [0.3, 0.4) is 0 Å². The largest absolute Gasteiger partial charge is 0.314 e. The maximum Gasteiger partial charge on any atom is 0.116 e. The fraction of sp³-hybridized carbons (Fsp3) is 0.467. The number of nitrogens with one attached hydrogen (secondary N) is 1. The van der Waals surface area contributed by atoms with E-state index in [4.69, 9.17) is 0 Å². The highest BCUT2D eigenvalue weighted by Gasteiger charge is 2.10. The van der Waals surface area contributed by atoms with Crippen molar-refractivity contribution in [2.45, 2.75) is 39.2 Å². The molecule has 1 N–H and O–H groups in total. The van der Waals surface area contributed by atoms with Crippen molar-refractivity contribution >= 4 is 10.9 Å². The number of fused-ring (bicyclic) bond motifs is 1. The molecule has 0 saturated carbocycles. The number of para-hydroxylation sites is 1. The molecule has 0 fully saturated rings. The number of likely N-dealkylation sites (N-methyl/N-ethyl adjacent to an activating group) is 1. The number of aromatic nitrogens is 2. The highest BCUT2D eigenvalue weighted by atomic mass is 14.9. The Kier molecular flexibility index (Phi) is 4.65. The van der Waals surface area contributed by atoms with Gasteiger partial charge in [0.1, 0.15) is 6.33 Å². The number of benzene rings is 1. The molecule has 0 spiro atoms. The number of hydrogen-bond acceptors (Lipinski definition) is 3. The summed E-state index contributed by atoms with van der Waals surface area (Å²) in [6.45, 7) is 5.39. The molecule has 0 bridgehead atoms. The molecule has 18 heavy (non-hydrogen) atoms. The van der Waals surface area contributed by atoms with Crippen LogP contribution in [-0.2, 0) is 6.42 Å². The molecule has 2 aromatic rings. The Morgan fingerprint density at radius 2 is 2.00 bits per heavy atom. The fourth-order valence-corrected chi connectivity index (χ4v) is 2.37. The van der Waals surface area contributed by atoms with Crippen LogP contribution < -0.4 is 5.32 Å². The summed E-state index contributed by atoms with van der Waals surface area (Å²) < 4.78 is 0. The van der Waals surface area contributed by atoms with Gasteiger partial charge in [0.2, 0.25) is 0 Å². The quantitative estimate of drug-likeness (QED) is 0.847. The number of rotatable bonds is 6. The molecule has 1 aromatic carbocycles. The molecule has 1 unspecified atom stereocenters. The Morgan fingerprint density at radius 1 is 1.17 bits per heavy atom. The van der Waals surface area contributed by atoms with Gasteiger partial charge in [-0.25, -0.2) is 9.97 Å². The SMILES string of the molecule is CCCC(Cc1ncnc2ccccc12)NCC. The Labute approximate surface area is 109 Å². The molecule has 0 aliphatic heterocycles. The van der Waals surface area contributed by atoms with E-state index in [0.29, 0.717) is 6.04 Å². The Balaban J connectivity index is 2.24. The van der Waals surface area contributed by atoms with Crippen LogP contribution >= 0.6 is 0 Å². The van der Waals surface area contributed by atoms with Gasteiger partial charge in [0.05, 0.1) is 11.2 Å². The van der Waals surface area contributed by atoms with E-state index in [1.54, 1.807) is 6.33 Å². The molecule has 1 aromatic heterocycles. The molecule has 0 radical (unpaired) electrons. The van der Waals surface area contributed by atoms with Crippen LogP contribution in [0.1, 0.15) is 32.4 Å². The first-order valence-corrected chi connectivity index (χ1v) is 6.77. The molecule has 3 nitrogen and oxygen atoms in total. The molecule has 0 saturated heterocycles. The van der Waals surface area contributed by atoms with Crippen molar-refractivity contribution in [3.63, 3.8) is 0 Å². The van der Waals surface area contributed by atoms with E-state index in [0.717, 1.165) is 24.2 Å². The zero-order valence-corrected chi connectivity index (χ0v) is 11.2. The van der Waals surface area contributed by atoms with Crippen molar-refractivity contribution < 1.29 is 0 Å². The number of hydrogen-bond donors (Lipinski definition) is 1. The summed E-state index contributed by atoms with van der Waals surface area (Å²) in [5.41, 5.74) is 2.19. The summed E-state index contributed by atoms with van der Waals surface area (Å²) in [5.74, 6) is 0. The second-order valence-corrected chi connectivity index (χ2v) is 4.58. The minimum absolute atomic E-state index is 0.512. The standard InChI is InChI=1S/C15H21N3/c1-3-7-12(16-4-2)10-15-13-8-5-6-9-14(13)17-11-18-15/h5-6,8-9,11-12,16H,3-4,7,10H2,1-2H3. The molecule has 1 heterocycles. The normalized spacial score (nSPS) is 12.8. The van der Waals surface area contributed by atoms with Gasteiger partial charge in [-0.1, -0.05) is 38.5 Å². The van der Waals surface area contributed by atoms with E-state index in [1.165, 1.54) is 18.2 Å². The van der Waals surface area contributed by atoms with Crippen molar-refractivity contribution in [1.29, 1.82) is 0 Å². The summed E-state index contributed by atoms with van der Waals surface area (Å²) in [5, 5.41) is 4.72. The van der Waals surface area contributed by atoms with Crippen LogP contribution in [0, 0.1) is 0 Å². The maximum absolute atomic E-state index is 4.46. The van der Waals surface area contributed by atoms with Crippen LogP contribution in [0.4, 0.5) is 0 Å². The zero-order valence-electron chi connectivity index (χ0n) is 11.2. The van der Waals surface area contributed by atoms with Crippen LogP contribution in [0.2, 0.25) is 0 Å². The second-order valence-electron chi connectivity index (χ2n) is 4.58. The van der Waals surface area contributed by atoms with Gasteiger partial charge < -0.3 is 5.32 Å². The highest BCUT2D eigenvalue weighted by Crippen LogP contribution is 2.16. The molecule has 2 rings (SSSR count). The van der Waals surface area contributed by atoms with Crippen molar-refractivity contribution in [1.82, 2.24) is 15.3 Å². The van der Waals surface area contributed by atoms with Gasteiger partial charge in [0.15, 0.2) is 0 Å². The average Bonchev–Trinajstić information content (AvgIpc) is 2.40. The summed E-state index contributed by atoms with van der Waals surface area (Å²) in [6, 6.07) is 8.74. The topological polar surface area (TPSA) is 37.8 Å². The lowest BCUT2D eigenvalue weighted by molar-refractivity contribution is 0.483. The molecule has 0 aliphatic rings. The summed E-state index contributed by atoms with van der Waals surface area (Å²) in [4.78, 5) is 8.77. The third kappa shape index (κ3) is 3.05. The third-order valence-electron chi connectivity index (χ3n) is 3.20. The summed E-state index contributed by atoms with van der Waals surface area (Å²) in [7, 11) is 0. The van der Waals surface area contributed by atoms with E-state index < -0.39 is 0 Å². The van der Waals surface area contributed by atoms with Crippen molar-refractivity contribution in [3.05, 3.63) is 36.3 Å². The van der Waals surface area contributed by atoms with Gasteiger partial charge in [0, 0.05) is 17.8 Å². The van der Waals surface area contributed by atoms with Crippen molar-refractivity contribution in [3.8, 4) is 0 Å². The van der Waals surface area contributed by atoms with Gasteiger partial charge in [-0.3, -0.25) is 0 Å². The van der Waals surface area contributed by atoms with Crippen LogP contribution in [0.5, 0.6) is 0 Å². The predicted octanol–water partition coefficient (Wildman–Crippen LogP) is 2.95. The van der Waals surface area contributed by atoms with E-state index in [9.17, 15) is 0 Å². The predicted molar refractivity (Wildman–Crippen MR) is 75.6 cm³/mol. The molecular weight excluding hydrogens is 222 g/mol. The van der Waals surface area contributed by atoms with Gasteiger partial charge >= 0.3 is 0 Å². The van der Waals surface area contributed by atoms with Gasteiger partial charge in [0.25, 0.3) is 0 Å². The van der Waals surface area contributed by atoms with Crippen molar-refractivity contribution in [2.75, 3.05) is 6.54 Å². The Morgan fingerprint density at radius 3 is 2.78 bits per heavy atom. The van der Waals surface area contributed by atoms with E-state index in [-0.39, 0.29) is 0 Å². The minimum atomic E-state index is 0.512. The summed E-state index contributed by atoms with van der Waals surface area (Å²) >= 11 is 0. The first kappa shape index (κ1) is 13.0. The lowest BCUT2D eigenvalue weighted by atomic mass is 10.0. The smallest absolute Gasteiger partial charge is 0.116 e. The second kappa shape index (κ2) is 6.45. The lowest BCUT2D eigenvalue weighted by Crippen LogP contribution is -2.31. The van der Waals surface area contributed by atoms with Crippen LogP contribution in [-0.4, -0.2) is 22.6 Å². The molecule has 3 heteroatoms. The summed E-state index contributed by atoms with van der Waals surface area (Å²) in [6.07, 6.45) is 5.03. The van der Waals surface area contributed by atoms with E-state index in [1.807, 2.05) is 12.1 Å². The van der Waals surface area contributed by atoms with Crippen molar-refractivity contribution in [2.24, 2.45) is 0 Å².